The van der Waals surface area contributed by atoms with Crippen LogP contribution in [0.15, 0.2) is 34.7 Å². The van der Waals surface area contributed by atoms with Crippen LogP contribution in [-0.4, -0.2) is 45.1 Å². The molecule has 3 aromatic rings. The van der Waals surface area contributed by atoms with Crippen LogP contribution < -0.4 is 10.1 Å². The van der Waals surface area contributed by atoms with E-state index in [-0.39, 0.29) is 22.5 Å². The second kappa shape index (κ2) is 6.00. The van der Waals surface area contributed by atoms with Crippen molar-refractivity contribution in [3.8, 4) is 5.75 Å². The van der Waals surface area contributed by atoms with Gasteiger partial charge in [-0.2, -0.15) is 4.68 Å². The lowest BCUT2D eigenvalue weighted by Crippen LogP contribution is -2.14. The molecule has 0 radical (unpaired) electrons. The Balaban J connectivity index is 1.98. The highest BCUT2D eigenvalue weighted by atomic mass is 16.5. The van der Waals surface area contributed by atoms with Gasteiger partial charge in [0.1, 0.15) is 11.3 Å². The predicted octanol–water partition coefficient (Wildman–Crippen LogP) is 2.11. The molecule has 3 N–H and O–H groups in total. The lowest BCUT2D eigenvalue weighted by Gasteiger charge is -2.03. The molecule has 128 valence electrons. The monoisotopic (exact) mass is 345 g/mol. The fraction of sp³-hybridized carbons (Fsp3) is 0.0667. The molecule has 1 amide bonds. The molecule has 0 unspecified atom stereocenters. The smallest absolute Gasteiger partial charge is 0.432 e. The highest BCUT2D eigenvalue weighted by Crippen LogP contribution is 2.27. The van der Waals surface area contributed by atoms with Crippen molar-refractivity contribution in [1.29, 1.82) is 0 Å². The van der Waals surface area contributed by atoms with E-state index in [4.69, 9.17) is 19.4 Å². The van der Waals surface area contributed by atoms with Crippen molar-refractivity contribution in [2.24, 2.45) is 0 Å². The van der Waals surface area contributed by atoms with E-state index >= 15 is 0 Å². The SMILES string of the molecule is COc1ccc(C(=O)Nc2nn(C(=O)O)c3cc(C(=O)O)oc23)cc1. The summed E-state index contributed by atoms with van der Waals surface area (Å²) in [4.78, 5) is 34.5. The largest absolute Gasteiger partial charge is 0.497 e. The Morgan fingerprint density at radius 1 is 1.20 bits per heavy atom. The number of carbonyl (C=O) groups is 3. The minimum absolute atomic E-state index is 0.0880. The molecule has 2 heterocycles. The Kier molecular flexibility index (Phi) is 3.85. The summed E-state index contributed by atoms with van der Waals surface area (Å²) in [6, 6.07) is 7.18. The normalized spacial score (nSPS) is 10.6. The number of aromatic carboxylic acids is 1. The molecule has 2 aromatic heterocycles. The molecule has 0 fully saturated rings. The van der Waals surface area contributed by atoms with Gasteiger partial charge in [0.25, 0.3) is 5.91 Å². The van der Waals surface area contributed by atoms with Crippen LogP contribution in [0.1, 0.15) is 20.9 Å². The van der Waals surface area contributed by atoms with Crippen molar-refractivity contribution in [2.75, 3.05) is 12.4 Å². The maximum Gasteiger partial charge on any atom is 0.432 e. The van der Waals surface area contributed by atoms with Gasteiger partial charge in [-0.05, 0) is 24.3 Å². The summed E-state index contributed by atoms with van der Waals surface area (Å²) >= 11 is 0. The minimum Gasteiger partial charge on any atom is -0.497 e. The van der Waals surface area contributed by atoms with Gasteiger partial charge < -0.3 is 24.7 Å². The third kappa shape index (κ3) is 2.87. The van der Waals surface area contributed by atoms with E-state index in [1.165, 1.54) is 19.2 Å². The number of nitrogens with one attached hydrogen (secondary N) is 1. The third-order valence-corrected chi connectivity index (χ3v) is 3.33. The number of nitrogens with zero attached hydrogens (tertiary/aromatic N) is 2. The molecule has 10 nitrogen and oxygen atoms in total. The Bertz CT molecular complexity index is 985. The molecule has 25 heavy (non-hydrogen) atoms. The van der Waals surface area contributed by atoms with E-state index in [0.29, 0.717) is 10.4 Å². The molecule has 0 aliphatic carbocycles. The predicted molar refractivity (Wildman–Crippen MR) is 83.3 cm³/mol. The molecule has 10 heteroatoms. The average molecular weight is 345 g/mol. The molecule has 0 atom stereocenters. The van der Waals surface area contributed by atoms with Crippen LogP contribution in [0.25, 0.3) is 11.1 Å². The van der Waals surface area contributed by atoms with E-state index < -0.39 is 23.7 Å². The number of benzene rings is 1. The first-order valence-electron chi connectivity index (χ1n) is 6.85. The standard InChI is InChI=1S/C15H11N3O7/c1-24-8-4-2-7(3-5-8)13(19)16-12-11-9(18(17-12)15(22)23)6-10(25-11)14(20)21/h2-6H,1H3,(H,20,21)(H,22,23)(H,16,17,19). The number of methoxy groups -OCH3 is 1. The topological polar surface area (TPSA) is 144 Å². The Morgan fingerprint density at radius 3 is 2.44 bits per heavy atom. The molecule has 0 saturated heterocycles. The average Bonchev–Trinajstić information content (AvgIpc) is 3.15. The molecular formula is C15H11N3O7. The van der Waals surface area contributed by atoms with E-state index in [1.54, 1.807) is 12.1 Å². The van der Waals surface area contributed by atoms with Crippen molar-refractivity contribution in [2.45, 2.75) is 0 Å². The van der Waals surface area contributed by atoms with Crippen molar-refractivity contribution >= 4 is 34.9 Å². The van der Waals surface area contributed by atoms with Gasteiger partial charge in [-0.15, -0.1) is 5.10 Å². The molecular weight excluding hydrogens is 334 g/mol. The second-order valence-electron chi connectivity index (χ2n) is 4.86. The van der Waals surface area contributed by atoms with Gasteiger partial charge in [-0.25, -0.2) is 9.59 Å². The number of ether oxygens (including phenoxy) is 1. The fourth-order valence-electron chi connectivity index (χ4n) is 2.16. The van der Waals surface area contributed by atoms with Gasteiger partial charge in [0.2, 0.25) is 5.76 Å². The number of carbonyl (C=O) groups excluding carboxylic acids is 1. The molecule has 0 saturated carbocycles. The first-order valence-corrected chi connectivity index (χ1v) is 6.85. The number of hydrogen-bond donors (Lipinski definition) is 3. The molecule has 0 aliphatic heterocycles. The third-order valence-electron chi connectivity index (χ3n) is 3.33. The minimum atomic E-state index is -1.45. The first-order chi connectivity index (χ1) is 11.9. The van der Waals surface area contributed by atoms with Gasteiger partial charge in [0.15, 0.2) is 11.4 Å². The van der Waals surface area contributed by atoms with Crippen LogP contribution >= 0.6 is 0 Å². The molecule has 0 bridgehead atoms. The van der Waals surface area contributed by atoms with E-state index in [1.807, 2.05) is 0 Å². The van der Waals surface area contributed by atoms with Crippen molar-refractivity contribution in [3.05, 3.63) is 41.7 Å². The van der Waals surface area contributed by atoms with Gasteiger partial charge in [-0.3, -0.25) is 4.79 Å². The second-order valence-corrected chi connectivity index (χ2v) is 4.86. The summed E-state index contributed by atoms with van der Waals surface area (Å²) in [6.07, 6.45) is -1.45. The zero-order valence-electron chi connectivity index (χ0n) is 12.7. The van der Waals surface area contributed by atoms with Crippen LogP contribution in [0.5, 0.6) is 5.75 Å². The van der Waals surface area contributed by atoms with Gasteiger partial charge in [-0.1, -0.05) is 0 Å². The summed E-state index contributed by atoms with van der Waals surface area (Å²) in [6.45, 7) is 0. The number of hydrogen-bond acceptors (Lipinski definition) is 6. The van der Waals surface area contributed by atoms with E-state index in [9.17, 15) is 14.4 Å². The zero-order chi connectivity index (χ0) is 18.1. The lowest BCUT2D eigenvalue weighted by atomic mass is 10.2. The first kappa shape index (κ1) is 16.1. The van der Waals surface area contributed by atoms with Crippen molar-refractivity contribution in [3.63, 3.8) is 0 Å². The number of anilines is 1. The molecule has 0 spiro atoms. The van der Waals surface area contributed by atoms with Crippen molar-refractivity contribution < 1.29 is 33.8 Å². The van der Waals surface area contributed by atoms with Crippen LogP contribution in [0.3, 0.4) is 0 Å². The quantitative estimate of drug-likeness (QED) is 0.652. The number of amides is 1. The van der Waals surface area contributed by atoms with Crippen LogP contribution in [0.2, 0.25) is 0 Å². The molecule has 0 aliphatic rings. The lowest BCUT2D eigenvalue weighted by molar-refractivity contribution is 0.0665. The van der Waals surface area contributed by atoms with Gasteiger partial charge in [0.05, 0.1) is 7.11 Å². The van der Waals surface area contributed by atoms with Crippen LogP contribution in [-0.2, 0) is 0 Å². The number of aromatic nitrogens is 2. The maximum atomic E-state index is 12.3. The van der Waals surface area contributed by atoms with Crippen LogP contribution in [0.4, 0.5) is 10.6 Å². The van der Waals surface area contributed by atoms with Gasteiger partial charge >= 0.3 is 12.1 Å². The Hall–Kier alpha value is -3.82. The summed E-state index contributed by atoms with van der Waals surface area (Å²) in [5.41, 5.74) is 0.0282. The highest BCUT2D eigenvalue weighted by molar-refractivity contribution is 6.08. The number of carboxylic acids is 1. The maximum absolute atomic E-state index is 12.3. The number of rotatable bonds is 4. The van der Waals surface area contributed by atoms with Gasteiger partial charge in [0, 0.05) is 11.6 Å². The van der Waals surface area contributed by atoms with E-state index in [2.05, 4.69) is 10.4 Å². The summed E-state index contributed by atoms with van der Waals surface area (Å²) in [5, 5.41) is 24.2. The summed E-state index contributed by atoms with van der Waals surface area (Å²) in [7, 11) is 1.49. The van der Waals surface area contributed by atoms with Crippen molar-refractivity contribution in [1.82, 2.24) is 9.78 Å². The van der Waals surface area contributed by atoms with Crippen LogP contribution in [0, 0.1) is 0 Å². The zero-order valence-corrected chi connectivity index (χ0v) is 12.7. The Morgan fingerprint density at radius 2 is 1.88 bits per heavy atom. The molecule has 3 rings (SSSR count). The number of carboxylic acid groups (broad SMARTS) is 2. The summed E-state index contributed by atoms with van der Waals surface area (Å²) in [5.74, 6) is -2.06. The summed E-state index contributed by atoms with van der Waals surface area (Å²) < 4.78 is 10.6. The Labute approximate surface area is 139 Å². The fourth-order valence-corrected chi connectivity index (χ4v) is 2.16. The highest BCUT2D eigenvalue weighted by Gasteiger charge is 2.23. The number of fused-ring (bicyclic) bond motifs is 1. The number of furan rings is 1. The van der Waals surface area contributed by atoms with E-state index in [0.717, 1.165) is 6.07 Å². The molecule has 1 aromatic carbocycles.